The molecule has 2 bridgehead atoms. The third-order valence-electron chi connectivity index (χ3n) is 14.8. The molecule has 13 nitrogen and oxygen atoms in total. The Morgan fingerprint density at radius 1 is 0.786 bits per heavy atom. The van der Waals surface area contributed by atoms with Crippen molar-refractivity contribution in [3.8, 4) is 0 Å². The summed E-state index contributed by atoms with van der Waals surface area (Å²) in [5.74, 6) is -13.1. The summed E-state index contributed by atoms with van der Waals surface area (Å²) in [6, 6.07) is 0. The summed E-state index contributed by atoms with van der Waals surface area (Å²) in [6.45, 7) is 8.43. The van der Waals surface area contributed by atoms with Crippen LogP contribution < -0.4 is 0 Å². The van der Waals surface area contributed by atoms with Gasteiger partial charge in [0.2, 0.25) is 11.6 Å². The lowest BCUT2D eigenvalue weighted by atomic mass is 9.57. The van der Waals surface area contributed by atoms with Crippen LogP contribution in [-0.4, -0.2) is 80.5 Å². The van der Waals surface area contributed by atoms with Crippen LogP contribution in [0, 0.1) is 53.3 Å². The Bertz CT molecular complexity index is 1610. The van der Waals surface area contributed by atoms with Gasteiger partial charge in [-0.05, 0) is 75.5 Å². The fourth-order valence-corrected chi connectivity index (χ4v) is 11.7. The molecule has 19 heteroatoms. The van der Waals surface area contributed by atoms with Crippen molar-refractivity contribution in [2.24, 2.45) is 53.3 Å². The van der Waals surface area contributed by atoms with E-state index in [9.17, 15) is 5.26 Å². The van der Waals surface area contributed by atoms with E-state index in [1.807, 2.05) is 0 Å². The third kappa shape index (κ3) is 6.18. The first-order valence-corrected chi connectivity index (χ1v) is 19.9. The van der Waals surface area contributed by atoms with Crippen LogP contribution in [0.4, 0.5) is 26.3 Å². The predicted molar refractivity (Wildman–Crippen MR) is 177 cm³/mol. The van der Waals surface area contributed by atoms with Crippen molar-refractivity contribution in [3.05, 3.63) is 11.9 Å². The summed E-state index contributed by atoms with van der Waals surface area (Å²) in [6.07, 6.45) is -7.63. The van der Waals surface area contributed by atoms with Gasteiger partial charge < -0.3 is 28.4 Å². The molecular weight excluding hydrogens is 760 g/mol. The largest absolute Gasteiger partial charge is 0.443 e. The van der Waals surface area contributed by atoms with Gasteiger partial charge in [0.1, 0.15) is 0 Å². The Morgan fingerprint density at radius 2 is 1.50 bits per heavy atom. The minimum atomic E-state index is -5.04. The monoisotopic (exact) mass is 813 g/mol. The zero-order chi connectivity index (χ0) is 40.3. The summed E-state index contributed by atoms with van der Waals surface area (Å²) in [7, 11) is 0. The molecule has 1 spiro atoms. The Hall–Kier alpha value is -1.68. The molecule has 16 atom stereocenters. The molecule has 2 aliphatic carbocycles. The minimum Gasteiger partial charge on any atom is -0.340 e. The zero-order valence-electron chi connectivity index (χ0n) is 32.4. The molecule has 2 saturated carbocycles. The molecule has 9 rings (SSSR count). The van der Waals surface area contributed by atoms with Crippen molar-refractivity contribution in [3.63, 3.8) is 0 Å². The first-order chi connectivity index (χ1) is 26.2. The van der Waals surface area contributed by atoms with E-state index in [-0.39, 0.29) is 42.3 Å². The summed E-state index contributed by atoms with van der Waals surface area (Å²) in [5, 5.41) is 17.5. The molecule has 1 N–H and O–H groups in total. The number of hydrogen-bond donors (Lipinski definition) is 1. The van der Waals surface area contributed by atoms with Gasteiger partial charge in [-0.2, -0.15) is 26.3 Å². The Kier molecular flexibility index (Phi) is 10.2. The van der Waals surface area contributed by atoms with E-state index in [0.29, 0.717) is 44.9 Å². The van der Waals surface area contributed by atoms with E-state index in [2.05, 4.69) is 29.0 Å². The SMILES string of the molecule is C[C@@H]1CCC2C3[C@@H](O[C@@](C)(OO)CC[C@H]31)O[C@@](OCCn1nncc1CO[C@@]1(C(F)(F)F)O[C@@H]3O[C@]4(C)CC[C@H]5[C@H](C)CC[C@@H]([C@H]1C)[C@@]35OO4)(C(F)(F)F)[C@@H]2C. The normalized spacial score (nSPS) is 49.1. The average Bonchev–Trinajstić information content (AvgIpc) is 3.36. The highest BCUT2D eigenvalue weighted by Crippen LogP contribution is 2.65. The van der Waals surface area contributed by atoms with Crippen LogP contribution in [0.25, 0.3) is 0 Å². The summed E-state index contributed by atoms with van der Waals surface area (Å²) < 4.78 is 129. The first-order valence-electron chi connectivity index (χ1n) is 19.9. The van der Waals surface area contributed by atoms with Crippen LogP contribution in [0.2, 0.25) is 0 Å². The van der Waals surface area contributed by atoms with E-state index in [0.717, 1.165) is 4.68 Å². The van der Waals surface area contributed by atoms with Crippen molar-refractivity contribution in [2.45, 2.75) is 160 Å². The summed E-state index contributed by atoms with van der Waals surface area (Å²) >= 11 is 0. The lowest BCUT2D eigenvalue weighted by molar-refractivity contribution is -0.599. The maximum Gasteiger partial charge on any atom is 0.443 e. The van der Waals surface area contributed by atoms with Gasteiger partial charge in [-0.1, -0.05) is 39.3 Å². The van der Waals surface area contributed by atoms with Gasteiger partial charge in [-0.15, -0.1) is 5.10 Å². The Morgan fingerprint density at radius 3 is 2.21 bits per heavy atom. The molecule has 56 heavy (non-hydrogen) atoms. The van der Waals surface area contributed by atoms with Crippen LogP contribution in [0.5, 0.6) is 0 Å². The molecule has 8 aliphatic rings. The molecule has 2 unspecified atom stereocenters. The molecule has 1 aromatic heterocycles. The molecule has 1 aromatic rings. The predicted octanol–water partition coefficient (Wildman–Crippen LogP) is 7.50. The molecule has 6 saturated heterocycles. The van der Waals surface area contributed by atoms with Gasteiger partial charge in [0, 0.05) is 36.5 Å². The number of fused-ring (bicyclic) bond motifs is 2. The quantitative estimate of drug-likeness (QED) is 0.158. The van der Waals surface area contributed by atoms with E-state index in [4.69, 9.17) is 38.2 Å². The lowest BCUT2D eigenvalue weighted by Crippen LogP contribution is -2.75. The van der Waals surface area contributed by atoms with Crippen molar-refractivity contribution in [1.29, 1.82) is 0 Å². The second-order valence-electron chi connectivity index (χ2n) is 17.8. The second kappa shape index (κ2) is 13.9. The van der Waals surface area contributed by atoms with Gasteiger partial charge in [-0.3, -0.25) is 0 Å². The van der Waals surface area contributed by atoms with Gasteiger partial charge in [0.15, 0.2) is 18.2 Å². The molecule has 0 amide bonds. The number of nitrogens with zero attached hydrogens (tertiary/aromatic N) is 3. The fourth-order valence-electron chi connectivity index (χ4n) is 11.7. The van der Waals surface area contributed by atoms with Gasteiger partial charge in [-0.25, -0.2) is 24.6 Å². The number of ether oxygens (including phenoxy) is 6. The van der Waals surface area contributed by atoms with E-state index in [1.165, 1.54) is 27.0 Å². The standard InChI is InChI=1S/C37H53F6N3O10/c1-19-7-9-25-21(3)34(36(38,39)40,51-29-28(25)24(19)11-13-31(5,50-29)54-47)48-16-15-46-23(17-44-45-46)18-49-35(37(41,42)43)22(4)27-10-8-20(2)26-12-14-32(6)52-30(53-35)33(26,27)56-55-32/h17,19-22,24-30,47H,7-16,18H2,1-6H3/t19-,20-,21-,22-,24+,25?,26+,27+,28?,29+,30+,31+,32+,33-,34-,35-/m1/s1. The topological polar surface area (TPSA) is 134 Å². The third-order valence-corrected chi connectivity index (χ3v) is 14.8. The zero-order valence-corrected chi connectivity index (χ0v) is 32.4. The summed E-state index contributed by atoms with van der Waals surface area (Å²) in [5.41, 5.74) is -1.23. The Labute approximate surface area is 321 Å². The minimum absolute atomic E-state index is 0.0279. The van der Waals surface area contributed by atoms with Crippen molar-refractivity contribution in [2.75, 3.05) is 6.61 Å². The molecule has 8 fully saturated rings. The highest BCUT2D eigenvalue weighted by molar-refractivity contribution is 5.13. The van der Waals surface area contributed by atoms with Crippen LogP contribution in [0.15, 0.2) is 6.20 Å². The van der Waals surface area contributed by atoms with Crippen molar-refractivity contribution in [1.82, 2.24) is 15.0 Å². The van der Waals surface area contributed by atoms with Crippen molar-refractivity contribution >= 4 is 0 Å². The number of aromatic nitrogens is 3. The lowest BCUT2D eigenvalue weighted by Gasteiger charge is -2.62. The highest BCUT2D eigenvalue weighted by atomic mass is 19.4. The average molecular weight is 814 g/mol. The fraction of sp³-hybridized carbons (Fsp3) is 0.946. The Balaban J connectivity index is 1.02. The number of alkyl halides is 6. The summed E-state index contributed by atoms with van der Waals surface area (Å²) in [4.78, 5) is 16.4. The van der Waals surface area contributed by atoms with Crippen LogP contribution >= 0.6 is 0 Å². The van der Waals surface area contributed by atoms with E-state index in [1.54, 1.807) is 6.92 Å². The van der Waals surface area contributed by atoms with Gasteiger partial charge >= 0.3 is 12.4 Å². The number of rotatable bonds is 8. The maximum absolute atomic E-state index is 15.4. The molecule has 7 heterocycles. The molecule has 318 valence electrons. The molecule has 0 aromatic carbocycles. The molecule has 6 aliphatic heterocycles. The van der Waals surface area contributed by atoms with E-state index < -0.39 is 96.5 Å². The van der Waals surface area contributed by atoms with Crippen LogP contribution in [0.3, 0.4) is 0 Å². The van der Waals surface area contributed by atoms with E-state index >= 15 is 26.3 Å². The second-order valence-corrected chi connectivity index (χ2v) is 17.8. The number of hydrogen-bond acceptors (Lipinski definition) is 12. The van der Waals surface area contributed by atoms with Crippen molar-refractivity contribution < 1.29 is 74.7 Å². The smallest absolute Gasteiger partial charge is 0.340 e. The molecular formula is C37H53F6N3O10. The van der Waals surface area contributed by atoms with Gasteiger partial charge in [0.25, 0.3) is 11.6 Å². The van der Waals surface area contributed by atoms with Gasteiger partial charge in [0.05, 0.1) is 31.6 Å². The first kappa shape index (κ1) is 41.1. The number of halogens is 6. The molecule has 0 radical (unpaired) electrons. The van der Waals surface area contributed by atoms with Crippen LogP contribution in [-0.2, 0) is 56.2 Å². The highest BCUT2D eigenvalue weighted by Gasteiger charge is 2.77. The van der Waals surface area contributed by atoms with Crippen LogP contribution in [0.1, 0.15) is 98.6 Å². The maximum atomic E-state index is 15.4.